The van der Waals surface area contributed by atoms with Crippen molar-refractivity contribution in [2.24, 2.45) is 0 Å². The Kier molecular flexibility index (Phi) is 9.94. The van der Waals surface area contributed by atoms with Crippen LogP contribution in [0.4, 0.5) is 11.4 Å². The molecule has 0 atom stereocenters. The molecular formula is C29H41N5O2. The first kappa shape index (κ1) is 27.3. The van der Waals surface area contributed by atoms with Crippen molar-refractivity contribution in [2.75, 3.05) is 51.1 Å². The molecule has 0 unspecified atom stereocenters. The van der Waals surface area contributed by atoms with Gasteiger partial charge in [0.1, 0.15) is 5.75 Å². The number of hydrogen-bond acceptors (Lipinski definition) is 6. The molecule has 0 aliphatic rings. The van der Waals surface area contributed by atoms with Crippen LogP contribution in [0.25, 0.3) is 11.3 Å². The van der Waals surface area contributed by atoms with Crippen LogP contribution in [-0.4, -0.2) is 61.1 Å². The number of phenols is 1. The minimum absolute atomic E-state index is 0.112. The van der Waals surface area contributed by atoms with E-state index in [4.69, 9.17) is 0 Å². The van der Waals surface area contributed by atoms with Crippen LogP contribution in [0, 0.1) is 0 Å². The third-order valence-corrected chi connectivity index (χ3v) is 6.55. The molecule has 3 rings (SSSR count). The number of aryl methyl sites for hydroxylation is 1. The smallest absolute Gasteiger partial charge is 0.266 e. The zero-order valence-corrected chi connectivity index (χ0v) is 22.4. The van der Waals surface area contributed by atoms with Gasteiger partial charge in [-0.15, -0.1) is 0 Å². The van der Waals surface area contributed by atoms with Gasteiger partial charge in [-0.2, -0.15) is 5.10 Å². The van der Waals surface area contributed by atoms with E-state index in [0.29, 0.717) is 17.8 Å². The summed E-state index contributed by atoms with van der Waals surface area (Å²) >= 11 is 0. The molecule has 2 aromatic carbocycles. The van der Waals surface area contributed by atoms with Crippen molar-refractivity contribution in [1.29, 1.82) is 0 Å². The molecule has 1 heterocycles. The molecule has 3 aromatic rings. The monoisotopic (exact) mass is 491 g/mol. The number of nitrogens with zero attached hydrogens (tertiary/aromatic N) is 5. The lowest BCUT2D eigenvalue weighted by Crippen LogP contribution is -2.25. The molecule has 0 aliphatic carbocycles. The van der Waals surface area contributed by atoms with Gasteiger partial charge in [-0.1, -0.05) is 38.0 Å². The summed E-state index contributed by atoms with van der Waals surface area (Å²) in [6.45, 7) is 5.84. The average molecular weight is 492 g/mol. The minimum Gasteiger partial charge on any atom is -0.507 e. The minimum atomic E-state index is -0.112. The van der Waals surface area contributed by atoms with Gasteiger partial charge in [-0.3, -0.25) is 9.69 Å². The van der Waals surface area contributed by atoms with Crippen molar-refractivity contribution < 1.29 is 5.11 Å². The van der Waals surface area contributed by atoms with Crippen LogP contribution in [0.5, 0.6) is 5.75 Å². The van der Waals surface area contributed by atoms with Gasteiger partial charge in [0, 0.05) is 64.3 Å². The number of rotatable bonds is 13. The fourth-order valence-electron chi connectivity index (χ4n) is 4.38. The summed E-state index contributed by atoms with van der Waals surface area (Å²) in [6.07, 6.45) is 4.19. The number of aromatic hydroxyl groups is 1. The molecule has 7 heteroatoms. The second kappa shape index (κ2) is 13.1. The largest absolute Gasteiger partial charge is 0.507 e. The van der Waals surface area contributed by atoms with E-state index in [1.807, 2.05) is 31.1 Å². The number of phenolic OH excluding ortho intramolecular Hbond substituents is 1. The Bertz CT molecular complexity index is 1170. The van der Waals surface area contributed by atoms with Crippen LogP contribution in [0.2, 0.25) is 0 Å². The van der Waals surface area contributed by atoms with E-state index < -0.39 is 0 Å². The molecule has 0 fully saturated rings. The number of unbranched alkanes of at least 4 members (excludes halogenated alkanes) is 3. The van der Waals surface area contributed by atoms with Crippen molar-refractivity contribution in [2.45, 2.75) is 45.7 Å². The highest BCUT2D eigenvalue weighted by Gasteiger charge is 2.11. The molecule has 0 spiro atoms. The van der Waals surface area contributed by atoms with Crippen molar-refractivity contribution in [3.8, 4) is 17.0 Å². The Labute approximate surface area is 215 Å². The SMILES string of the molecule is CCN(CCCCCCn1nc(-c2cc(N(C)C)ccc2O)ccc1=O)Cc1ccccc1N(C)C. The van der Waals surface area contributed by atoms with E-state index in [0.717, 1.165) is 51.0 Å². The van der Waals surface area contributed by atoms with Crippen LogP contribution >= 0.6 is 0 Å². The topological polar surface area (TPSA) is 64.8 Å². The van der Waals surface area contributed by atoms with Crippen LogP contribution < -0.4 is 15.4 Å². The third-order valence-electron chi connectivity index (χ3n) is 6.55. The Morgan fingerprint density at radius 2 is 1.64 bits per heavy atom. The van der Waals surface area contributed by atoms with Gasteiger partial charge in [0.05, 0.1) is 5.69 Å². The van der Waals surface area contributed by atoms with Crippen LogP contribution in [0.1, 0.15) is 38.2 Å². The van der Waals surface area contributed by atoms with Crippen LogP contribution in [0.15, 0.2) is 59.4 Å². The molecule has 7 nitrogen and oxygen atoms in total. The molecule has 0 saturated carbocycles. The van der Waals surface area contributed by atoms with E-state index in [1.165, 1.54) is 22.0 Å². The van der Waals surface area contributed by atoms with E-state index >= 15 is 0 Å². The van der Waals surface area contributed by atoms with Gasteiger partial charge >= 0.3 is 0 Å². The first-order valence-electron chi connectivity index (χ1n) is 12.9. The van der Waals surface area contributed by atoms with Gasteiger partial charge in [0.15, 0.2) is 0 Å². The Balaban J connectivity index is 1.51. The maximum atomic E-state index is 12.4. The highest BCUT2D eigenvalue weighted by molar-refractivity contribution is 5.71. The van der Waals surface area contributed by atoms with Crippen molar-refractivity contribution in [3.63, 3.8) is 0 Å². The molecule has 36 heavy (non-hydrogen) atoms. The zero-order valence-electron chi connectivity index (χ0n) is 22.4. The van der Waals surface area contributed by atoms with Gasteiger partial charge in [0.2, 0.25) is 0 Å². The Morgan fingerprint density at radius 1 is 0.889 bits per heavy atom. The maximum absolute atomic E-state index is 12.4. The van der Waals surface area contributed by atoms with Crippen LogP contribution in [0.3, 0.4) is 0 Å². The fraction of sp³-hybridized carbons (Fsp3) is 0.448. The molecule has 0 saturated heterocycles. The third kappa shape index (κ3) is 7.34. The summed E-state index contributed by atoms with van der Waals surface area (Å²) in [6, 6.07) is 17.2. The predicted octanol–water partition coefficient (Wildman–Crippen LogP) is 4.83. The summed E-state index contributed by atoms with van der Waals surface area (Å²) in [7, 11) is 8.09. The van der Waals surface area contributed by atoms with Gasteiger partial charge in [0.25, 0.3) is 5.56 Å². The lowest BCUT2D eigenvalue weighted by atomic mass is 10.1. The molecule has 0 aliphatic heterocycles. The number of hydrogen-bond donors (Lipinski definition) is 1. The summed E-state index contributed by atoms with van der Waals surface area (Å²) in [4.78, 5) is 19.0. The first-order chi connectivity index (χ1) is 17.3. The van der Waals surface area contributed by atoms with Crippen molar-refractivity contribution in [1.82, 2.24) is 14.7 Å². The summed E-state index contributed by atoms with van der Waals surface area (Å²) in [5.74, 6) is 0.159. The van der Waals surface area contributed by atoms with E-state index in [2.05, 4.69) is 60.2 Å². The van der Waals surface area contributed by atoms with E-state index in [1.54, 1.807) is 12.1 Å². The maximum Gasteiger partial charge on any atom is 0.266 e. The number of anilines is 2. The standard InChI is InChI=1S/C29H41N5O2/c1-6-33(22-23-13-9-10-14-27(23)32(4)5)19-11-7-8-12-20-34-29(36)18-16-26(30-34)25-21-24(31(2)3)15-17-28(25)35/h9-10,13-18,21,35H,6-8,11-12,19-20,22H2,1-5H3. The Morgan fingerprint density at radius 3 is 2.36 bits per heavy atom. The molecule has 0 radical (unpaired) electrons. The van der Waals surface area contributed by atoms with Crippen molar-refractivity contribution in [3.05, 3.63) is 70.5 Å². The second-order valence-electron chi connectivity index (χ2n) is 9.68. The summed E-state index contributed by atoms with van der Waals surface area (Å²) < 4.78 is 1.52. The molecule has 1 aromatic heterocycles. The number of aromatic nitrogens is 2. The zero-order chi connectivity index (χ0) is 26.1. The van der Waals surface area contributed by atoms with Gasteiger partial charge in [-0.05, 0) is 61.8 Å². The second-order valence-corrected chi connectivity index (χ2v) is 9.68. The summed E-state index contributed by atoms with van der Waals surface area (Å²) in [5, 5.41) is 14.9. The molecule has 1 N–H and O–H groups in total. The van der Waals surface area contributed by atoms with Gasteiger partial charge in [-0.25, -0.2) is 4.68 Å². The predicted molar refractivity (Wildman–Crippen MR) is 150 cm³/mol. The lowest BCUT2D eigenvalue weighted by molar-refractivity contribution is 0.272. The van der Waals surface area contributed by atoms with Crippen LogP contribution in [-0.2, 0) is 13.1 Å². The van der Waals surface area contributed by atoms with Crippen molar-refractivity contribution >= 4 is 11.4 Å². The molecule has 0 amide bonds. The fourth-order valence-corrected chi connectivity index (χ4v) is 4.38. The van der Waals surface area contributed by atoms with E-state index in [-0.39, 0.29) is 11.3 Å². The highest BCUT2D eigenvalue weighted by atomic mass is 16.3. The first-order valence-corrected chi connectivity index (χ1v) is 12.9. The Hall–Kier alpha value is -3.32. The number of para-hydroxylation sites is 1. The molecule has 0 bridgehead atoms. The normalized spacial score (nSPS) is 11.2. The summed E-state index contributed by atoms with van der Waals surface area (Å²) in [5.41, 5.74) is 4.72. The number of benzene rings is 2. The van der Waals surface area contributed by atoms with Gasteiger partial charge < -0.3 is 14.9 Å². The molecular weight excluding hydrogens is 450 g/mol. The average Bonchev–Trinajstić information content (AvgIpc) is 2.86. The van der Waals surface area contributed by atoms with E-state index in [9.17, 15) is 9.90 Å². The molecule has 194 valence electrons. The lowest BCUT2D eigenvalue weighted by Gasteiger charge is -2.24. The quantitative estimate of drug-likeness (QED) is 0.346. The highest BCUT2D eigenvalue weighted by Crippen LogP contribution is 2.30.